The largest absolute Gasteiger partial charge is 0.455 e. The van der Waals surface area contributed by atoms with Gasteiger partial charge < -0.3 is 9.73 Å². The summed E-state index contributed by atoms with van der Waals surface area (Å²) in [5, 5.41) is 3.35. The quantitative estimate of drug-likeness (QED) is 0.631. The summed E-state index contributed by atoms with van der Waals surface area (Å²) in [5.74, 6) is -0.302. The smallest absolute Gasteiger partial charge is 0.248 e. The SMILES string of the molecule is CCC(=O)N1c2ccc(C)cc2-c2oc3ccc(C)cc3c(=O)c2C1C(=O)NC(C)(C)C. The minimum Gasteiger partial charge on any atom is -0.455 e. The molecule has 1 unspecified atom stereocenters. The summed E-state index contributed by atoms with van der Waals surface area (Å²) in [7, 11) is 0. The highest BCUT2D eigenvalue weighted by Crippen LogP contribution is 2.45. The summed E-state index contributed by atoms with van der Waals surface area (Å²) in [5.41, 5.74) is 2.90. The van der Waals surface area contributed by atoms with Crippen molar-refractivity contribution >= 4 is 28.5 Å². The first-order valence-electron chi connectivity index (χ1n) is 10.8. The molecule has 0 radical (unpaired) electrons. The molecule has 0 spiro atoms. The fraction of sp³-hybridized carbons (Fsp3) is 0.346. The average Bonchev–Trinajstić information content (AvgIpc) is 2.71. The van der Waals surface area contributed by atoms with Gasteiger partial charge in [0.15, 0.2) is 5.43 Å². The van der Waals surface area contributed by atoms with Crippen LogP contribution >= 0.6 is 0 Å². The predicted octanol–water partition coefficient (Wildman–Crippen LogP) is 4.79. The maximum atomic E-state index is 13.8. The molecule has 1 atom stereocenters. The van der Waals surface area contributed by atoms with Crippen molar-refractivity contribution in [3.63, 3.8) is 0 Å². The molecule has 0 saturated heterocycles. The molecule has 0 fully saturated rings. The second kappa shape index (κ2) is 7.62. The topological polar surface area (TPSA) is 79.6 Å². The van der Waals surface area contributed by atoms with Gasteiger partial charge in [0.25, 0.3) is 0 Å². The van der Waals surface area contributed by atoms with E-state index in [0.29, 0.717) is 28.0 Å². The summed E-state index contributed by atoms with van der Waals surface area (Å²) >= 11 is 0. The first-order chi connectivity index (χ1) is 15.0. The van der Waals surface area contributed by atoms with Crippen molar-refractivity contribution in [1.29, 1.82) is 0 Å². The zero-order chi connectivity index (χ0) is 23.4. The lowest BCUT2D eigenvalue weighted by Gasteiger charge is -2.38. The molecule has 0 aliphatic carbocycles. The Labute approximate surface area is 187 Å². The van der Waals surface area contributed by atoms with Gasteiger partial charge in [0, 0.05) is 17.5 Å². The average molecular weight is 433 g/mol. The third-order valence-corrected chi connectivity index (χ3v) is 5.59. The van der Waals surface area contributed by atoms with Crippen LogP contribution in [0.2, 0.25) is 0 Å². The number of hydrogen-bond acceptors (Lipinski definition) is 4. The van der Waals surface area contributed by atoms with Gasteiger partial charge in [-0.25, -0.2) is 0 Å². The normalized spacial score (nSPS) is 15.3. The summed E-state index contributed by atoms with van der Waals surface area (Å²) in [4.78, 5) is 41.9. The molecule has 0 bridgehead atoms. The van der Waals surface area contributed by atoms with Crippen molar-refractivity contribution in [2.24, 2.45) is 0 Å². The summed E-state index contributed by atoms with van der Waals surface area (Å²) < 4.78 is 6.26. The lowest BCUT2D eigenvalue weighted by atomic mass is 9.89. The lowest BCUT2D eigenvalue weighted by Crippen LogP contribution is -2.51. The number of nitrogens with zero attached hydrogens (tertiary/aromatic N) is 1. The fourth-order valence-corrected chi connectivity index (χ4v) is 4.22. The van der Waals surface area contributed by atoms with E-state index in [1.807, 2.05) is 58.9 Å². The predicted molar refractivity (Wildman–Crippen MR) is 126 cm³/mol. The molecule has 2 heterocycles. The Bertz CT molecular complexity index is 1310. The van der Waals surface area contributed by atoms with E-state index in [1.165, 1.54) is 4.90 Å². The number of benzene rings is 2. The Morgan fingerprint density at radius 1 is 1.06 bits per heavy atom. The molecule has 32 heavy (non-hydrogen) atoms. The molecule has 1 aliphatic rings. The van der Waals surface area contributed by atoms with Crippen molar-refractivity contribution in [1.82, 2.24) is 5.32 Å². The van der Waals surface area contributed by atoms with E-state index < -0.39 is 17.5 Å². The monoisotopic (exact) mass is 432 g/mol. The maximum Gasteiger partial charge on any atom is 0.248 e. The molecule has 6 nitrogen and oxygen atoms in total. The van der Waals surface area contributed by atoms with Crippen molar-refractivity contribution in [2.45, 2.75) is 59.5 Å². The van der Waals surface area contributed by atoms with Crippen molar-refractivity contribution < 1.29 is 14.0 Å². The number of amides is 2. The summed E-state index contributed by atoms with van der Waals surface area (Å²) in [6.07, 6.45) is 0.194. The van der Waals surface area contributed by atoms with Crippen LogP contribution in [-0.2, 0) is 9.59 Å². The second-order valence-electron chi connectivity index (χ2n) is 9.45. The third-order valence-electron chi connectivity index (χ3n) is 5.59. The first kappa shape index (κ1) is 21.8. The Balaban J connectivity index is 2.11. The van der Waals surface area contributed by atoms with Gasteiger partial charge in [-0.3, -0.25) is 19.3 Å². The number of carbonyl (C=O) groups excluding carboxylic acids is 2. The van der Waals surface area contributed by atoms with Gasteiger partial charge in [0.2, 0.25) is 11.8 Å². The first-order valence-corrected chi connectivity index (χ1v) is 10.8. The number of rotatable bonds is 2. The van der Waals surface area contributed by atoms with E-state index in [4.69, 9.17) is 4.42 Å². The van der Waals surface area contributed by atoms with Crippen molar-refractivity contribution in [3.05, 3.63) is 63.3 Å². The van der Waals surface area contributed by atoms with E-state index in [0.717, 1.165) is 11.1 Å². The number of anilines is 1. The van der Waals surface area contributed by atoms with Crippen LogP contribution in [0.1, 0.15) is 56.8 Å². The molecule has 1 aromatic heterocycles. The van der Waals surface area contributed by atoms with Crippen LogP contribution in [0.25, 0.3) is 22.3 Å². The van der Waals surface area contributed by atoms with Gasteiger partial charge >= 0.3 is 0 Å². The number of nitrogens with one attached hydrogen (secondary N) is 1. The van der Waals surface area contributed by atoms with E-state index >= 15 is 0 Å². The van der Waals surface area contributed by atoms with Crippen molar-refractivity contribution in [2.75, 3.05) is 4.90 Å². The Morgan fingerprint density at radius 2 is 1.72 bits per heavy atom. The Hall–Kier alpha value is -3.41. The standard InChI is InChI=1S/C26H28N2O4/c1-7-20(29)28-18-10-8-14(2)12-16(18)24-21(22(28)25(31)27-26(4,5)6)23(30)17-13-15(3)9-11-19(17)32-24/h8-13,22H,7H2,1-6H3,(H,27,31). The maximum absolute atomic E-state index is 13.8. The van der Waals surface area contributed by atoms with Gasteiger partial charge in [-0.05, 0) is 58.9 Å². The third kappa shape index (κ3) is 3.60. The molecular weight excluding hydrogens is 404 g/mol. The van der Waals surface area contributed by atoms with Gasteiger partial charge in [-0.15, -0.1) is 0 Å². The van der Waals surface area contributed by atoms with Crippen molar-refractivity contribution in [3.8, 4) is 11.3 Å². The van der Waals surface area contributed by atoms with Gasteiger partial charge in [0.1, 0.15) is 17.4 Å². The molecule has 3 aromatic rings. The van der Waals surface area contributed by atoms with Crippen LogP contribution in [0.15, 0.2) is 45.6 Å². The van der Waals surface area contributed by atoms with Crippen LogP contribution in [0.5, 0.6) is 0 Å². The number of hydrogen-bond donors (Lipinski definition) is 1. The molecule has 1 aliphatic heterocycles. The molecule has 166 valence electrons. The number of carbonyl (C=O) groups is 2. The fourth-order valence-electron chi connectivity index (χ4n) is 4.22. The van der Waals surface area contributed by atoms with E-state index in [-0.39, 0.29) is 23.3 Å². The minimum absolute atomic E-state index is 0.194. The molecule has 2 aromatic carbocycles. The number of fused-ring (bicyclic) bond motifs is 4. The zero-order valence-electron chi connectivity index (χ0n) is 19.3. The summed E-state index contributed by atoms with van der Waals surface area (Å²) in [6.45, 7) is 11.2. The lowest BCUT2D eigenvalue weighted by molar-refractivity contribution is -0.127. The van der Waals surface area contributed by atoms with E-state index in [9.17, 15) is 14.4 Å². The van der Waals surface area contributed by atoms with Gasteiger partial charge in [-0.2, -0.15) is 0 Å². The second-order valence-corrected chi connectivity index (χ2v) is 9.45. The molecule has 2 amide bonds. The molecule has 4 rings (SSSR count). The molecule has 1 N–H and O–H groups in total. The Morgan fingerprint density at radius 3 is 2.38 bits per heavy atom. The molecular formula is C26H28N2O4. The van der Waals surface area contributed by atoms with Gasteiger partial charge in [0.05, 0.1) is 16.6 Å². The highest BCUT2D eigenvalue weighted by molar-refractivity contribution is 6.07. The molecule has 6 heteroatoms. The number of aryl methyl sites for hydroxylation is 2. The van der Waals surface area contributed by atoms with Crippen LogP contribution in [0, 0.1) is 13.8 Å². The zero-order valence-corrected chi connectivity index (χ0v) is 19.3. The highest BCUT2D eigenvalue weighted by atomic mass is 16.3. The van der Waals surface area contributed by atoms with E-state index in [1.54, 1.807) is 19.1 Å². The summed E-state index contributed by atoms with van der Waals surface area (Å²) in [6, 6.07) is 9.90. The van der Waals surface area contributed by atoms with Crippen LogP contribution in [0.3, 0.4) is 0 Å². The molecule has 0 saturated carbocycles. The Kier molecular flexibility index (Phi) is 5.19. The van der Waals surface area contributed by atoms with Crippen LogP contribution < -0.4 is 15.6 Å². The van der Waals surface area contributed by atoms with E-state index in [2.05, 4.69) is 5.32 Å². The minimum atomic E-state index is -1.12. The van der Waals surface area contributed by atoms with Gasteiger partial charge in [-0.1, -0.05) is 30.2 Å². The van der Waals surface area contributed by atoms with Crippen LogP contribution in [0.4, 0.5) is 5.69 Å². The van der Waals surface area contributed by atoms with Crippen LogP contribution in [-0.4, -0.2) is 17.4 Å². The highest BCUT2D eigenvalue weighted by Gasteiger charge is 2.43.